The Morgan fingerprint density at radius 2 is 2.00 bits per heavy atom. The number of methoxy groups -OCH3 is 2. The Labute approximate surface area is 146 Å². The summed E-state index contributed by atoms with van der Waals surface area (Å²) < 4.78 is 10.6. The summed E-state index contributed by atoms with van der Waals surface area (Å²) >= 11 is 0. The number of oxime groups is 1. The lowest BCUT2D eigenvalue weighted by molar-refractivity contribution is -0.131. The lowest BCUT2D eigenvalue weighted by Gasteiger charge is -2.11. The Morgan fingerprint density at radius 3 is 2.72 bits per heavy atom. The molecule has 1 heterocycles. The highest BCUT2D eigenvalue weighted by Gasteiger charge is 2.30. The average Bonchev–Trinajstić information content (AvgIpc) is 3.16. The molecule has 0 saturated heterocycles. The van der Waals surface area contributed by atoms with Crippen molar-refractivity contribution in [2.45, 2.75) is 19.1 Å². The molecule has 0 aliphatic carbocycles. The van der Waals surface area contributed by atoms with Gasteiger partial charge in [0.25, 0.3) is 5.91 Å². The predicted molar refractivity (Wildman–Crippen MR) is 93.9 cm³/mol. The van der Waals surface area contributed by atoms with E-state index in [9.17, 15) is 4.79 Å². The van der Waals surface area contributed by atoms with Gasteiger partial charge in [0.15, 0.2) is 0 Å². The van der Waals surface area contributed by atoms with Gasteiger partial charge < -0.3 is 19.6 Å². The molecule has 3 rings (SSSR count). The van der Waals surface area contributed by atoms with Crippen LogP contribution >= 0.6 is 0 Å². The van der Waals surface area contributed by atoms with E-state index in [1.54, 1.807) is 20.3 Å². The lowest BCUT2D eigenvalue weighted by atomic mass is 10.0. The third-order valence-electron chi connectivity index (χ3n) is 3.99. The number of nitrogens with one attached hydrogen (secondary N) is 1. The summed E-state index contributed by atoms with van der Waals surface area (Å²) in [5.41, 5.74) is 2.51. The molecule has 0 spiro atoms. The lowest BCUT2D eigenvalue weighted by Crippen LogP contribution is -2.34. The first-order valence-electron chi connectivity index (χ1n) is 7.98. The molecule has 1 N–H and O–H groups in total. The molecule has 0 unspecified atom stereocenters. The zero-order valence-corrected chi connectivity index (χ0v) is 14.2. The van der Waals surface area contributed by atoms with E-state index < -0.39 is 6.10 Å². The van der Waals surface area contributed by atoms with Gasteiger partial charge in [-0.05, 0) is 17.7 Å². The molecule has 1 aliphatic heterocycles. The van der Waals surface area contributed by atoms with Gasteiger partial charge >= 0.3 is 0 Å². The number of carbonyl (C=O) groups is 1. The highest BCUT2D eigenvalue weighted by molar-refractivity contribution is 6.06. The molecule has 0 bridgehead atoms. The van der Waals surface area contributed by atoms with Crippen molar-refractivity contribution in [1.29, 1.82) is 0 Å². The molecular weight excluding hydrogens is 320 g/mol. The van der Waals surface area contributed by atoms with E-state index in [2.05, 4.69) is 10.5 Å². The van der Waals surface area contributed by atoms with Crippen LogP contribution in [0.25, 0.3) is 0 Å². The van der Waals surface area contributed by atoms with Crippen LogP contribution in [0.3, 0.4) is 0 Å². The second-order valence-electron chi connectivity index (χ2n) is 5.61. The topological polar surface area (TPSA) is 69.2 Å². The molecule has 1 atom stereocenters. The fraction of sp³-hybridized carbons (Fsp3) is 0.263. The molecule has 25 heavy (non-hydrogen) atoms. The molecular formula is C19H20N2O4. The van der Waals surface area contributed by atoms with Gasteiger partial charge in [0.1, 0.15) is 11.5 Å². The van der Waals surface area contributed by atoms with Gasteiger partial charge in [-0.1, -0.05) is 35.5 Å². The quantitative estimate of drug-likeness (QED) is 0.877. The summed E-state index contributed by atoms with van der Waals surface area (Å²) in [6, 6.07) is 15.2. The molecule has 0 radical (unpaired) electrons. The van der Waals surface area contributed by atoms with E-state index in [0.29, 0.717) is 30.2 Å². The number of ether oxygens (including phenoxy) is 2. The van der Waals surface area contributed by atoms with Crippen LogP contribution in [-0.4, -0.2) is 31.9 Å². The van der Waals surface area contributed by atoms with Crippen molar-refractivity contribution < 1.29 is 19.1 Å². The highest BCUT2D eigenvalue weighted by Crippen LogP contribution is 2.28. The van der Waals surface area contributed by atoms with Gasteiger partial charge in [0, 0.05) is 24.6 Å². The molecule has 1 amide bonds. The largest absolute Gasteiger partial charge is 0.497 e. The number of nitrogens with zero attached hydrogens (tertiary/aromatic N) is 1. The molecule has 6 nitrogen and oxygen atoms in total. The molecule has 0 saturated carbocycles. The summed E-state index contributed by atoms with van der Waals surface area (Å²) in [5, 5.41) is 6.93. The number of rotatable bonds is 6. The van der Waals surface area contributed by atoms with Crippen molar-refractivity contribution in [2.75, 3.05) is 14.2 Å². The number of benzene rings is 2. The summed E-state index contributed by atoms with van der Waals surface area (Å²) in [4.78, 5) is 17.6. The van der Waals surface area contributed by atoms with Gasteiger partial charge in [0.05, 0.1) is 19.9 Å². The number of carbonyl (C=O) groups excluding carboxylic acids is 1. The Morgan fingerprint density at radius 1 is 1.20 bits per heavy atom. The summed E-state index contributed by atoms with van der Waals surface area (Å²) in [5.74, 6) is 1.14. The Bertz CT molecular complexity index is 774. The number of hydrogen-bond donors (Lipinski definition) is 1. The van der Waals surface area contributed by atoms with Gasteiger partial charge in [0.2, 0.25) is 6.10 Å². The van der Waals surface area contributed by atoms with Crippen LogP contribution in [0.5, 0.6) is 11.5 Å². The minimum atomic E-state index is -0.634. The van der Waals surface area contributed by atoms with Crippen molar-refractivity contribution in [2.24, 2.45) is 5.16 Å². The maximum atomic E-state index is 12.3. The van der Waals surface area contributed by atoms with Crippen LogP contribution < -0.4 is 14.8 Å². The van der Waals surface area contributed by atoms with E-state index in [0.717, 1.165) is 11.1 Å². The second-order valence-corrected chi connectivity index (χ2v) is 5.61. The van der Waals surface area contributed by atoms with E-state index in [1.807, 2.05) is 42.5 Å². The maximum absolute atomic E-state index is 12.3. The summed E-state index contributed by atoms with van der Waals surface area (Å²) in [7, 11) is 3.18. The van der Waals surface area contributed by atoms with Crippen LogP contribution in [0.4, 0.5) is 0 Å². The van der Waals surface area contributed by atoms with Gasteiger partial charge in [-0.2, -0.15) is 0 Å². The van der Waals surface area contributed by atoms with E-state index >= 15 is 0 Å². The van der Waals surface area contributed by atoms with Crippen LogP contribution in [0, 0.1) is 0 Å². The molecule has 0 aromatic heterocycles. The number of hydrogen-bond acceptors (Lipinski definition) is 5. The smallest absolute Gasteiger partial charge is 0.264 e. The Kier molecular flexibility index (Phi) is 5.18. The highest BCUT2D eigenvalue weighted by atomic mass is 16.6. The van der Waals surface area contributed by atoms with E-state index in [1.165, 1.54) is 0 Å². The van der Waals surface area contributed by atoms with Crippen molar-refractivity contribution >= 4 is 11.6 Å². The summed E-state index contributed by atoms with van der Waals surface area (Å²) in [6.45, 7) is 0.459. The SMILES string of the molecule is COc1ccc(C2=NO[C@@H](C(=O)NCc3ccccc3)C2)c(OC)c1. The van der Waals surface area contributed by atoms with Crippen molar-refractivity contribution in [3.63, 3.8) is 0 Å². The average molecular weight is 340 g/mol. The Hall–Kier alpha value is -3.02. The number of amides is 1. The first-order chi connectivity index (χ1) is 12.2. The van der Waals surface area contributed by atoms with Gasteiger partial charge in [-0.15, -0.1) is 0 Å². The van der Waals surface area contributed by atoms with Crippen LogP contribution in [0.15, 0.2) is 53.7 Å². The minimum Gasteiger partial charge on any atom is -0.497 e. The first-order valence-corrected chi connectivity index (χ1v) is 7.98. The van der Waals surface area contributed by atoms with Gasteiger partial charge in [-0.25, -0.2) is 0 Å². The molecule has 6 heteroatoms. The molecule has 2 aromatic carbocycles. The van der Waals surface area contributed by atoms with E-state index in [-0.39, 0.29) is 5.91 Å². The zero-order chi connectivity index (χ0) is 17.6. The van der Waals surface area contributed by atoms with Crippen LogP contribution in [0.2, 0.25) is 0 Å². The molecule has 2 aromatic rings. The van der Waals surface area contributed by atoms with Crippen molar-refractivity contribution in [3.8, 4) is 11.5 Å². The third kappa shape index (κ3) is 3.91. The second kappa shape index (κ2) is 7.70. The molecule has 130 valence electrons. The van der Waals surface area contributed by atoms with E-state index in [4.69, 9.17) is 14.3 Å². The minimum absolute atomic E-state index is 0.185. The van der Waals surface area contributed by atoms with Crippen LogP contribution in [0.1, 0.15) is 17.5 Å². The molecule has 1 aliphatic rings. The third-order valence-corrected chi connectivity index (χ3v) is 3.99. The maximum Gasteiger partial charge on any atom is 0.264 e. The first kappa shape index (κ1) is 16.8. The van der Waals surface area contributed by atoms with Crippen molar-refractivity contribution in [3.05, 3.63) is 59.7 Å². The van der Waals surface area contributed by atoms with Crippen LogP contribution in [-0.2, 0) is 16.2 Å². The molecule has 0 fully saturated rings. The zero-order valence-electron chi connectivity index (χ0n) is 14.2. The Balaban J connectivity index is 1.62. The fourth-order valence-electron chi connectivity index (χ4n) is 2.61. The summed E-state index contributed by atoms with van der Waals surface area (Å²) in [6.07, 6.45) is -0.242. The normalized spacial score (nSPS) is 15.9. The predicted octanol–water partition coefficient (Wildman–Crippen LogP) is 2.51. The monoisotopic (exact) mass is 340 g/mol. The van der Waals surface area contributed by atoms with Gasteiger partial charge in [-0.3, -0.25) is 4.79 Å². The standard InChI is InChI=1S/C19H20N2O4/c1-23-14-8-9-15(17(10-14)24-2)16-11-18(25-21-16)19(22)20-12-13-6-4-3-5-7-13/h3-10,18H,11-12H2,1-2H3,(H,20,22)/t18-/m1/s1. The van der Waals surface area contributed by atoms with Crippen molar-refractivity contribution in [1.82, 2.24) is 5.32 Å². The fourth-order valence-corrected chi connectivity index (χ4v) is 2.61.